The number of pyridine rings is 1. The van der Waals surface area contributed by atoms with Crippen molar-refractivity contribution in [3.63, 3.8) is 0 Å². The molecule has 0 amide bonds. The van der Waals surface area contributed by atoms with Crippen LogP contribution in [0.1, 0.15) is 33.3 Å². The minimum absolute atomic E-state index is 0.313. The molecule has 0 spiro atoms. The summed E-state index contributed by atoms with van der Waals surface area (Å²) < 4.78 is 4.15. The van der Waals surface area contributed by atoms with Crippen molar-refractivity contribution in [2.75, 3.05) is 13.2 Å². The van der Waals surface area contributed by atoms with Crippen molar-refractivity contribution in [1.29, 1.82) is 0 Å². The van der Waals surface area contributed by atoms with Crippen LogP contribution in [0.5, 0.6) is 0 Å². The highest BCUT2D eigenvalue weighted by Crippen LogP contribution is 2.39. The van der Waals surface area contributed by atoms with E-state index in [2.05, 4.69) is 4.98 Å². The first-order valence-corrected chi connectivity index (χ1v) is 9.41. The first-order chi connectivity index (χ1) is 12.3. The fourth-order valence-electron chi connectivity index (χ4n) is 2.43. The van der Waals surface area contributed by atoms with Gasteiger partial charge in [-0.05, 0) is 31.0 Å². The van der Waals surface area contributed by atoms with Crippen LogP contribution in [0.15, 0.2) is 47.6 Å². The number of ether oxygens (including phenoxy) is 1. The number of hydrogen-bond acceptors (Lipinski definition) is 5. The summed E-state index contributed by atoms with van der Waals surface area (Å²) in [4.78, 5) is 16.4. The fourth-order valence-corrected chi connectivity index (χ4v) is 3.47. The average molecular weight is 375 g/mol. The Labute approximate surface area is 158 Å². The Morgan fingerprint density at radius 2 is 1.81 bits per heavy atom. The number of thioether (sulfide) groups is 1. The third kappa shape index (κ3) is 4.26. The summed E-state index contributed by atoms with van der Waals surface area (Å²) in [6.45, 7) is 7.99. The maximum Gasteiger partial charge on any atom is 0.319 e. The summed E-state index contributed by atoms with van der Waals surface area (Å²) in [7, 11) is 0. The molecule has 2 aromatic rings. The summed E-state index contributed by atoms with van der Waals surface area (Å²) >= 11 is 1.29. The number of aromatic nitrogens is 1. The van der Waals surface area contributed by atoms with E-state index in [1.165, 1.54) is 11.8 Å². The van der Waals surface area contributed by atoms with Gasteiger partial charge in [-0.15, -0.1) is 11.8 Å². The largest absolute Gasteiger partial charge is 0.480 e. The molecule has 0 atom stereocenters. The molecule has 0 radical (unpaired) electrons. The molecule has 2 N–H and O–H groups in total. The minimum atomic E-state index is -0.936. The van der Waals surface area contributed by atoms with Crippen LogP contribution < -0.4 is 0 Å². The molecule has 1 aliphatic heterocycles. The second kappa shape index (κ2) is 8.20. The Hall–Kier alpha value is -1.89. The molecule has 0 bridgehead atoms. The Bertz CT molecular complexity index is 755. The van der Waals surface area contributed by atoms with Gasteiger partial charge in [0, 0.05) is 22.9 Å². The number of aliphatic hydroxyl groups is 1. The Morgan fingerprint density at radius 3 is 2.31 bits per heavy atom. The predicted octanol–water partition coefficient (Wildman–Crippen LogP) is 3.95. The molecule has 0 aliphatic carbocycles. The standard InChI is InChI=1S/C18H19NO4S.C2H6/c1-17(2,16(20)21)24-15-7-8-19-9-14(15)12-3-5-13(6-4-12)18(22)10-23-11-18;1-2/h3-9,22H,10-11H2,1-2H3,(H,20,21);1-2H3. The van der Waals surface area contributed by atoms with Gasteiger partial charge in [-0.1, -0.05) is 38.1 Å². The van der Waals surface area contributed by atoms with E-state index in [-0.39, 0.29) is 0 Å². The van der Waals surface area contributed by atoms with E-state index in [9.17, 15) is 15.0 Å². The second-order valence-electron chi connectivity index (χ2n) is 6.39. The van der Waals surface area contributed by atoms with E-state index in [1.54, 1.807) is 26.2 Å². The monoisotopic (exact) mass is 375 g/mol. The summed E-state index contributed by atoms with van der Waals surface area (Å²) in [6.07, 6.45) is 3.39. The van der Waals surface area contributed by atoms with Crippen LogP contribution in [-0.4, -0.2) is 39.1 Å². The van der Waals surface area contributed by atoms with Crippen LogP contribution in [0.3, 0.4) is 0 Å². The van der Waals surface area contributed by atoms with Crippen LogP contribution in [-0.2, 0) is 15.1 Å². The highest BCUT2D eigenvalue weighted by molar-refractivity contribution is 8.01. The number of hydrogen-bond donors (Lipinski definition) is 2. The zero-order valence-electron chi connectivity index (χ0n) is 15.5. The molecule has 0 saturated carbocycles. The van der Waals surface area contributed by atoms with Crippen molar-refractivity contribution in [3.05, 3.63) is 48.3 Å². The molecule has 0 unspecified atom stereocenters. The smallest absolute Gasteiger partial charge is 0.319 e. The van der Waals surface area contributed by atoms with Gasteiger partial charge in [0.25, 0.3) is 0 Å². The first kappa shape index (κ1) is 20.4. The quantitative estimate of drug-likeness (QED) is 0.771. The van der Waals surface area contributed by atoms with Crippen molar-refractivity contribution >= 4 is 17.7 Å². The molecule has 1 saturated heterocycles. The van der Waals surface area contributed by atoms with Crippen LogP contribution in [0.2, 0.25) is 0 Å². The number of carboxylic acids is 1. The van der Waals surface area contributed by atoms with E-state index >= 15 is 0 Å². The maximum absolute atomic E-state index is 11.4. The van der Waals surface area contributed by atoms with E-state index in [0.29, 0.717) is 13.2 Å². The van der Waals surface area contributed by atoms with E-state index in [0.717, 1.165) is 21.6 Å². The van der Waals surface area contributed by atoms with E-state index in [4.69, 9.17) is 4.74 Å². The van der Waals surface area contributed by atoms with Crippen molar-refractivity contribution < 1.29 is 19.7 Å². The second-order valence-corrected chi connectivity index (χ2v) is 8.06. The summed E-state index contributed by atoms with van der Waals surface area (Å²) in [5.74, 6) is -0.863. The molecule has 1 aromatic carbocycles. The Balaban J connectivity index is 0.00000117. The van der Waals surface area contributed by atoms with Crippen LogP contribution in [0.25, 0.3) is 11.1 Å². The predicted molar refractivity (Wildman–Crippen MR) is 103 cm³/mol. The molecule has 6 heteroatoms. The third-order valence-electron chi connectivity index (χ3n) is 4.08. The lowest BCUT2D eigenvalue weighted by molar-refractivity contribution is -0.184. The van der Waals surface area contributed by atoms with Crippen LogP contribution in [0.4, 0.5) is 0 Å². The zero-order valence-corrected chi connectivity index (χ0v) is 16.3. The Kier molecular flexibility index (Phi) is 6.44. The van der Waals surface area contributed by atoms with Crippen molar-refractivity contribution in [3.8, 4) is 11.1 Å². The summed E-state index contributed by atoms with van der Waals surface area (Å²) in [5, 5.41) is 19.7. The summed E-state index contributed by atoms with van der Waals surface area (Å²) in [6, 6.07) is 9.41. The number of carbonyl (C=O) groups is 1. The van der Waals surface area contributed by atoms with Gasteiger partial charge in [0.1, 0.15) is 10.3 Å². The molecule has 3 rings (SSSR count). The van der Waals surface area contributed by atoms with Crippen molar-refractivity contribution in [2.24, 2.45) is 0 Å². The van der Waals surface area contributed by atoms with Crippen LogP contribution in [0, 0.1) is 0 Å². The van der Waals surface area contributed by atoms with Crippen molar-refractivity contribution in [1.82, 2.24) is 4.98 Å². The topological polar surface area (TPSA) is 79.7 Å². The molecule has 2 heterocycles. The molecule has 140 valence electrons. The lowest BCUT2D eigenvalue weighted by Crippen LogP contribution is -2.46. The molecule has 1 aromatic heterocycles. The normalized spacial score (nSPS) is 15.4. The number of aliphatic carboxylic acids is 1. The zero-order chi connectivity index (χ0) is 19.4. The number of rotatable bonds is 5. The maximum atomic E-state index is 11.4. The van der Waals surface area contributed by atoms with Gasteiger partial charge in [0.05, 0.1) is 13.2 Å². The van der Waals surface area contributed by atoms with Gasteiger partial charge in [0.2, 0.25) is 0 Å². The minimum Gasteiger partial charge on any atom is -0.480 e. The summed E-state index contributed by atoms with van der Waals surface area (Å²) in [5.41, 5.74) is 1.73. The molecular formula is C20H25NO4S. The number of carboxylic acid groups (broad SMARTS) is 1. The van der Waals surface area contributed by atoms with Gasteiger partial charge >= 0.3 is 5.97 Å². The number of benzene rings is 1. The fraction of sp³-hybridized carbons (Fsp3) is 0.400. The van der Waals surface area contributed by atoms with Crippen molar-refractivity contribution in [2.45, 2.75) is 42.9 Å². The molecular weight excluding hydrogens is 350 g/mol. The molecule has 5 nitrogen and oxygen atoms in total. The van der Waals surface area contributed by atoms with Gasteiger partial charge in [-0.2, -0.15) is 0 Å². The Morgan fingerprint density at radius 1 is 1.19 bits per heavy atom. The molecule has 1 aliphatic rings. The number of nitrogens with zero attached hydrogens (tertiary/aromatic N) is 1. The highest BCUT2D eigenvalue weighted by Gasteiger charge is 2.37. The van der Waals surface area contributed by atoms with Crippen LogP contribution >= 0.6 is 11.8 Å². The average Bonchev–Trinajstić information content (AvgIpc) is 2.62. The third-order valence-corrected chi connectivity index (χ3v) is 5.34. The van der Waals surface area contributed by atoms with Gasteiger partial charge in [-0.25, -0.2) is 0 Å². The molecule has 1 fully saturated rings. The van der Waals surface area contributed by atoms with E-state index in [1.807, 2.05) is 44.2 Å². The first-order valence-electron chi connectivity index (χ1n) is 8.59. The van der Waals surface area contributed by atoms with E-state index < -0.39 is 16.3 Å². The SMILES string of the molecule is CC.CC(C)(Sc1ccncc1-c1ccc(C2(O)COC2)cc1)C(=O)O. The van der Waals surface area contributed by atoms with Gasteiger partial charge < -0.3 is 14.9 Å². The lowest BCUT2D eigenvalue weighted by Gasteiger charge is -2.36. The lowest BCUT2D eigenvalue weighted by atomic mass is 9.91. The highest BCUT2D eigenvalue weighted by atomic mass is 32.2. The molecule has 26 heavy (non-hydrogen) atoms. The van der Waals surface area contributed by atoms with Gasteiger partial charge in [-0.3, -0.25) is 9.78 Å². The van der Waals surface area contributed by atoms with Gasteiger partial charge in [0.15, 0.2) is 0 Å².